The van der Waals surface area contributed by atoms with E-state index < -0.39 is 30.2 Å². The number of fused-ring (bicyclic) bond motifs is 1. The van der Waals surface area contributed by atoms with Crippen molar-refractivity contribution in [1.29, 1.82) is 0 Å². The lowest BCUT2D eigenvalue weighted by molar-refractivity contribution is -0.143. The highest BCUT2D eigenvalue weighted by atomic mass is 79.9. The van der Waals surface area contributed by atoms with E-state index in [1.54, 1.807) is 25.2 Å². The maximum Gasteiger partial charge on any atom is 0.329 e. The molecule has 1 aromatic heterocycles. The second-order valence-electron chi connectivity index (χ2n) is 4.97. The lowest BCUT2D eigenvalue weighted by Gasteiger charge is -2.27. The molecule has 0 spiro atoms. The minimum atomic E-state index is -0.883. The van der Waals surface area contributed by atoms with Crippen LogP contribution in [-0.2, 0) is 16.6 Å². The van der Waals surface area contributed by atoms with Crippen LogP contribution in [0, 0.1) is 0 Å². The number of nitrogens with zero attached hydrogens (tertiary/aromatic N) is 3. The van der Waals surface area contributed by atoms with E-state index in [0.717, 1.165) is 4.47 Å². The number of hydrogen-bond acceptors (Lipinski definition) is 4. The van der Waals surface area contributed by atoms with E-state index in [2.05, 4.69) is 15.9 Å². The number of aryl methyl sites for hydroxylation is 1. The van der Waals surface area contributed by atoms with Crippen molar-refractivity contribution < 1.29 is 13.5 Å². The normalized spacial score (nSPS) is 19.2. The van der Waals surface area contributed by atoms with E-state index in [1.807, 2.05) is 0 Å². The van der Waals surface area contributed by atoms with Crippen molar-refractivity contribution >= 4 is 51.1 Å². The lowest BCUT2D eigenvalue weighted by Crippen LogP contribution is -2.43. The highest BCUT2D eigenvalue weighted by Crippen LogP contribution is 2.31. The molecule has 2 amide bonds. The van der Waals surface area contributed by atoms with Gasteiger partial charge in [-0.25, -0.2) is 4.79 Å². The van der Waals surface area contributed by atoms with E-state index in [1.165, 1.54) is 9.13 Å². The van der Waals surface area contributed by atoms with Crippen LogP contribution in [0.5, 0.6) is 0 Å². The molecule has 3 rings (SSSR count). The Bertz CT molecular complexity index is 847. The third kappa shape index (κ3) is 2.11. The molecule has 22 heavy (non-hydrogen) atoms. The Balaban J connectivity index is 2.21. The molecule has 116 valence electrons. The summed E-state index contributed by atoms with van der Waals surface area (Å²) in [7, 11) is 1.60. The van der Waals surface area contributed by atoms with Gasteiger partial charge >= 0.3 is 5.69 Å². The van der Waals surface area contributed by atoms with Crippen molar-refractivity contribution in [1.82, 2.24) is 13.4 Å². The molecule has 0 saturated carbocycles. The number of benzene rings is 1. The van der Waals surface area contributed by atoms with Crippen LogP contribution in [0.25, 0.3) is 11.0 Å². The molecule has 0 aliphatic carbocycles. The molecular formula is C13H11BrFN3O3S. The van der Waals surface area contributed by atoms with Gasteiger partial charge in [0.15, 0.2) is 12.3 Å². The Labute approximate surface area is 137 Å². The lowest BCUT2D eigenvalue weighted by atomic mass is 10.1. The van der Waals surface area contributed by atoms with Crippen molar-refractivity contribution in [3.05, 3.63) is 33.2 Å². The summed E-state index contributed by atoms with van der Waals surface area (Å²) in [5.41, 5.74) is 0.841. The molecule has 0 N–H and O–H groups in total. The summed E-state index contributed by atoms with van der Waals surface area (Å²) in [6.07, 6.45) is 0.199. The summed E-state index contributed by atoms with van der Waals surface area (Å²) >= 11 is 2.97. The van der Waals surface area contributed by atoms with E-state index >= 15 is 0 Å². The first-order valence-corrected chi connectivity index (χ1v) is 7.95. The van der Waals surface area contributed by atoms with E-state index in [4.69, 9.17) is 0 Å². The molecule has 1 fully saturated rings. The Hall–Kier alpha value is -1.61. The Morgan fingerprint density at radius 1 is 1.32 bits per heavy atom. The Morgan fingerprint density at radius 3 is 2.73 bits per heavy atom. The maximum absolute atomic E-state index is 12.9. The minimum absolute atomic E-state index is 0.0180. The predicted molar refractivity (Wildman–Crippen MR) is 83.7 cm³/mol. The van der Waals surface area contributed by atoms with Crippen LogP contribution < -0.4 is 5.69 Å². The van der Waals surface area contributed by atoms with Crippen LogP contribution in [0.2, 0.25) is 0 Å². The quantitative estimate of drug-likeness (QED) is 0.585. The molecule has 1 aliphatic rings. The first-order valence-electron chi connectivity index (χ1n) is 6.48. The molecule has 6 nitrogen and oxygen atoms in total. The highest BCUT2D eigenvalue weighted by molar-refractivity contribution is 9.10. The van der Waals surface area contributed by atoms with Crippen molar-refractivity contribution in [2.24, 2.45) is 7.05 Å². The number of piperidine rings is 1. The fourth-order valence-electron chi connectivity index (χ4n) is 2.75. The molecular weight excluding hydrogens is 377 g/mol. The Morgan fingerprint density at radius 2 is 2.05 bits per heavy atom. The topological polar surface area (TPSA) is 64.3 Å². The average Bonchev–Trinajstić information content (AvgIpc) is 2.74. The molecule has 1 saturated heterocycles. The van der Waals surface area contributed by atoms with Gasteiger partial charge < -0.3 is 0 Å². The minimum Gasteiger partial charge on any atom is -0.294 e. The standard InChI is InChI=1S/C13H11BrFN3O3S/c1-16-11-7(14)3-2-4-8(11)17(13(16)21)9-5-6-10(19)18(22-15)12(9)20/h2-4,9H,5-6H2,1H3. The van der Waals surface area contributed by atoms with Gasteiger partial charge in [0.1, 0.15) is 6.04 Å². The molecule has 0 radical (unpaired) electrons. The zero-order valence-electron chi connectivity index (χ0n) is 11.5. The smallest absolute Gasteiger partial charge is 0.294 e. The second kappa shape index (κ2) is 5.54. The summed E-state index contributed by atoms with van der Waals surface area (Å²) in [4.78, 5) is 36.4. The van der Waals surface area contributed by atoms with Gasteiger partial charge in [0.05, 0.1) is 11.0 Å². The zero-order valence-corrected chi connectivity index (χ0v) is 13.9. The fourth-order valence-corrected chi connectivity index (χ4v) is 3.73. The molecule has 9 heteroatoms. The number of imide groups is 1. The largest absolute Gasteiger partial charge is 0.329 e. The third-order valence-corrected chi connectivity index (χ3v) is 4.94. The van der Waals surface area contributed by atoms with Crippen LogP contribution in [0.15, 0.2) is 27.5 Å². The fraction of sp³-hybridized carbons (Fsp3) is 0.308. The van der Waals surface area contributed by atoms with Crippen molar-refractivity contribution in [3.8, 4) is 0 Å². The summed E-state index contributed by atoms with van der Waals surface area (Å²) in [5, 5.41) is 0. The van der Waals surface area contributed by atoms with Crippen molar-refractivity contribution in [2.75, 3.05) is 0 Å². The van der Waals surface area contributed by atoms with Gasteiger partial charge in [-0.15, -0.1) is 3.89 Å². The summed E-state index contributed by atoms with van der Waals surface area (Å²) in [6, 6.07) is 4.38. The highest BCUT2D eigenvalue weighted by Gasteiger charge is 2.38. The summed E-state index contributed by atoms with van der Waals surface area (Å²) in [6.45, 7) is 0. The number of carbonyl (C=O) groups excluding carboxylic acids is 2. The first kappa shape index (κ1) is 15.3. The van der Waals surface area contributed by atoms with Crippen molar-refractivity contribution in [2.45, 2.75) is 18.9 Å². The van der Waals surface area contributed by atoms with Crippen LogP contribution in [0.4, 0.5) is 3.89 Å². The maximum atomic E-state index is 12.9. The van der Waals surface area contributed by atoms with E-state index in [0.29, 0.717) is 15.3 Å². The number of halogens is 2. The molecule has 1 aromatic carbocycles. The van der Waals surface area contributed by atoms with Crippen LogP contribution in [0.1, 0.15) is 18.9 Å². The first-order chi connectivity index (χ1) is 10.5. The SMILES string of the molecule is Cn1c(=O)n(C2CCC(=O)N(SF)C2=O)c2cccc(Br)c21. The predicted octanol–water partition coefficient (Wildman–Crippen LogP) is 2.33. The Kier molecular flexibility index (Phi) is 3.85. The second-order valence-corrected chi connectivity index (χ2v) is 6.33. The van der Waals surface area contributed by atoms with Gasteiger partial charge in [0, 0.05) is 17.9 Å². The van der Waals surface area contributed by atoms with Gasteiger partial charge in [-0.2, -0.15) is 4.31 Å². The molecule has 0 bridgehead atoms. The zero-order chi connectivity index (χ0) is 16.0. The molecule has 2 heterocycles. The van der Waals surface area contributed by atoms with Crippen molar-refractivity contribution in [3.63, 3.8) is 0 Å². The van der Waals surface area contributed by atoms with E-state index in [-0.39, 0.29) is 18.5 Å². The summed E-state index contributed by atoms with van der Waals surface area (Å²) in [5.74, 6) is -1.29. The van der Waals surface area contributed by atoms with E-state index in [9.17, 15) is 18.3 Å². The number of hydrogen-bond donors (Lipinski definition) is 0. The molecule has 1 aliphatic heterocycles. The molecule has 2 aromatic rings. The van der Waals surface area contributed by atoms with Crippen LogP contribution in [0.3, 0.4) is 0 Å². The number of para-hydroxylation sites is 1. The summed E-state index contributed by atoms with van der Waals surface area (Å²) < 4.78 is 16.8. The molecule has 1 unspecified atom stereocenters. The van der Waals surface area contributed by atoms with Crippen LogP contribution in [-0.4, -0.2) is 25.3 Å². The monoisotopic (exact) mass is 387 g/mol. The van der Waals surface area contributed by atoms with Gasteiger partial charge in [0.2, 0.25) is 5.91 Å². The van der Waals surface area contributed by atoms with Gasteiger partial charge in [-0.1, -0.05) is 6.07 Å². The molecule has 1 atom stereocenters. The number of amides is 2. The number of carbonyl (C=O) groups is 2. The number of imidazole rings is 1. The number of aromatic nitrogens is 2. The van der Waals surface area contributed by atoms with Gasteiger partial charge in [-0.05, 0) is 34.5 Å². The average molecular weight is 388 g/mol. The van der Waals surface area contributed by atoms with Gasteiger partial charge in [0.25, 0.3) is 5.91 Å². The third-order valence-electron chi connectivity index (χ3n) is 3.78. The van der Waals surface area contributed by atoms with Gasteiger partial charge in [-0.3, -0.25) is 18.7 Å². The van der Waals surface area contributed by atoms with Crippen LogP contribution >= 0.6 is 28.3 Å². The number of rotatable bonds is 2.